The first-order valence-corrected chi connectivity index (χ1v) is 7.02. The van der Waals surface area contributed by atoms with Gasteiger partial charge in [0, 0.05) is 12.5 Å². The van der Waals surface area contributed by atoms with Gasteiger partial charge in [0.25, 0.3) is 0 Å². The third-order valence-corrected chi connectivity index (χ3v) is 3.39. The van der Waals surface area contributed by atoms with Crippen LogP contribution < -0.4 is 5.32 Å². The van der Waals surface area contributed by atoms with Crippen molar-refractivity contribution in [2.24, 2.45) is 5.92 Å². The van der Waals surface area contributed by atoms with Crippen molar-refractivity contribution in [2.75, 3.05) is 6.54 Å². The lowest BCUT2D eigenvalue weighted by molar-refractivity contribution is 0.383. The normalized spacial score (nSPS) is 14.8. The molecule has 0 fully saturated rings. The van der Waals surface area contributed by atoms with Gasteiger partial charge >= 0.3 is 0 Å². The maximum absolute atomic E-state index is 5.36. The zero-order valence-corrected chi connectivity index (χ0v) is 11.5. The highest BCUT2D eigenvalue weighted by atomic mass is 16.3. The lowest BCUT2D eigenvalue weighted by atomic mass is 9.99. The zero-order chi connectivity index (χ0) is 12.5. The van der Waals surface area contributed by atoms with E-state index in [0.717, 1.165) is 24.6 Å². The van der Waals surface area contributed by atoms with E-state index in [0.29, 0.717) is 6.04 Å². The van der Waals surface area contributed by atoms with Crippen molar-refractivity contribution >= 4 is 0 Å². The zero-order valence-electron chi connectivity index (χ0n) is 11.5. The number of nitrogens with one attached hydrogen (secondary N) is 1. The Kier molecular flexibility index (Phi) is 7.02. The van der Waals surface area contributed by atoms with Crippen LogP contribution in [0.25, 0.3) is 0 Å². The summed E-state index contributed by atoms with van der Waals surface area (Å²) in [5, 5.41) is 3.62. The molecule has 0 bridgehead atoms. The molecule has 0 aliphatic rings. The first kappa shape index (κ1) is 14.3. The maximum atomic E-state index is 5.36. The Balaban J connectivity index is 2.19. The second-order valence-corrected chi connectivity index (χ2v) is 5.01. The van der Waals surface area contributed by atoms with Crippen LogP contribution in [0.3, 0.4) is 0 Å². The number of hydrogen-bond donors (Lipinski definition) is 1. The molecule has 0 saturated carbocycles. The van der Waals surface area contributed by atoms with Gasteiger partial charge in [-0.1, -0.05) is 33.1 Å². The molecule has 0 amide bonds. The summed E-state index contributed by atoms with van der Waals surface area (Å²) in [5.74, 6) is 1.90. The fourth-order valence-corrected chi connectivity index (χ4v) is 2.11. The second-order valence-electron chi connectivity index (χ2n) is 5.01. The van der Waals surface area contributed by atoms with Crippen molar-refractivity contribution in [3.63, 3.8) is 0 Å². The molecule has 0 saturated heterocycles. The predicted molar refractivity (Wildman–Crippen MR) is 73.2 cm³/mol. The molecule has 17 heavy (non-hydrogen) atoms. The Hall–Kier alpha value is -0.760. The van der Waals surface area contributed by atoms with Crippen LogP contribution in [-0.2, 0) is 6.42 Å². The minimum Gasteiger partial charge on any atom is -0.469 e. The quantitative estimate of drug-likeness (QED) is 0.702. The highest BCUT2D eigenvalue weighted by molar-refractivity contribution is 4.99. The first-order valence-electron chi connectivity index (χ1n) is 7.02. The van der Waals surface area contributed by atoms with Gasteiger partial charge in [-0.3, -0.25) is 0 Å². The van der Waals surface area contributed by atoms with Crippen LogP contribution in [0.4, 0.5) is 0 Å². The van der Waals surface area contributed by atoms with Crippen LogP contribution in [0.15, 0.2) is 22.8 Å². The van der Waals surface area contributed by atoms with Gasteiger partial charge in [0.1, 0.15) is 5.76 Å². The lowest BCUT2D eigenvalue weighted by Crippen LogP contribution is -2.32. The number of hydrogen-bond acceptors (Lipinski definition) is 2. The Morgan fingerprint density at radius 1 is 1.35 bits per heavy atom. The standard InChI is InChI=1S/C15H27NO/c1-4-6-8-14(5-2)12-16-13(3)11-15-9-7-10-17-15/h7,9-10,13-14,16H,4-6,8,11-12H2,1-3H3. The molecule has 2 atom stereocenters. The highest BCUT2D eigenvalue weighted by Crippen LogP contribution is 2.12. The van der Waals surface area contributed by atoms with Crippen LogP contribution in [0.5, 0.6) is 0 Å². The molecule has 2 nitrogen and oxygen atoms in total. The first-order chi connectivity index (χ1) is 8.26. The summed E-state index contributed by atoms with van der Waals surface area (Å²) in [6.07, 6.45) is 8.02. The van der Waals surface area contributed by atoms with Gasteiger partial charge in [0.2, 0.25) is 0 Å². The van der Waals surface area contributed by atoms with E-state index >= 15 is 0 Å². The monoisotopic (exact) mass is 237 g/mol. The van der Waals surface area contributed by atoms with E-state index in [9.17, 15) is 0 Å². The van der Waals surface area contributed by atoms with Crippen molar-refractivity contribution in [2.45, 2.75) is 58.9 Å². The van der Waals surface area contributed by atoms with Gasteiger partial charge < -0.3 is 9.73 Å². The van der Waals surface area contributed by atoms with Gasteiger partial charge in [-0.2, -0.15) is 0 Å². The van der Waals surface area contributed by atoms with E-state index in [1.54, 1.807) is 6.26 Å². The summed E-state index contributed by atoms with van der Waals surface area (Å²) in [4.78, 5) is 0. The van der Waals surface area contributed by atoms with Crippen molar-refractivity contribution in [1.29, 1.82) is 0 Å². The molecule has 98 valence electrons. The van der Waals surface area contributed by atoms with Crippen LogP contribution >= 0.6 is 0 Å². The van der Waals surface area contributed by atoms with E-state index in [2.05, 4.69) is 26.1 Å². The molecule has 0 aliphatic heterocycles. The van der Waals surface area contributed by atoms with Crippen LogP contribution in [-0.4, -0.2) is 12.6 Å². The average molecular weight is 237 g/mol. The minimum absolute atomic E-state index is 0.497. The summed E-state index contributed by atoms with van der Waals surface area (Å²) < 4.78 is 5.36. The van der Waals surface area contributed by atoms with Gasteiger partial charge in [0.15, 0.2) is 0 Å². The number of unbranched alkanes of at least 4 members (excludes halogenated alkanes) is 1. The van der Waals surface area contributed by atoms with Gasteiger partial charge in [-0.05, 0) is 37.9 Å². The fraction of sp³-hybridized carbons (Fsp3) is 0.733. The van der Waals surface area contributed by atoms with Crippen molar-refractivity contribution in [1.82, 2.24) is 5.32 Å². The van der Waals surface area contributed by atoms with Crippen molar-refractivity contribution in [3.05, 3.63) is 24.2 Å². The molecule has 0 aromatic carbocycles. The van der Waals surface area contributed by atoms with Crippen LogP contribution in [0, 0.1) is 5.92 Å². The molecule has 2 unspecified atom stereocenters. The molecule has 0 radical (unpaired) electrons. The van der Waals surface area contributed by atoms with E-state index in [1.165, 1.54) is 25.7 Å². The molecule has 0 aliphatic carbocycles. The van der Waals surface area contributed by atoms with Gasteiger partial charge in [-0.25, -0.2) is 0 Å². The Labute approximate surface area is 106 Å². The molecular weight excluding hydrogens is 210 g/mol. The summed E-state index contributed by atoms with van der Waals surface area (Å²) in [5.41, 5.74) is 0. The van der Waals surface area contributed by atoms with E-state index < -0.39 is 0 Å². The molecule has 0 spiro atoms. The molecule has 1 heterocycles. The van der Waals surface area contributed by atoms with Crippen molar-refractivity contribution < 1.29 is 4.42 Å². The largest absolute Gasteiger partial charge is 0.469 e. The Bertz CT molecular complexity index is 268. The van der Waals surface area contributed by atoms with Crippen LogP contribution in [0.2, 0.25) is 0 Å². The molecule has 2 heteroatoms. The third-order valence-electron chi connectivity index (χ3n) is 3.39. The summed E-state index contributed by atoms with van der Waals surface area (Å²) in [6.45, 7) is 7.92. The lowest BCUT2D eigenvalue weighted by Gasteiger charge is -2.19. The summed E-state index contributed by atoms with van der Waals surface area (Å²) >= 11 is 0. The van der Waals surface area contributed by atoms with Crippen molar-refractivity contribution in [3.8, 4) is 0 Å². The summed E-state index contributed by atoms with van der Waals surface area (Å²) in [6, 6.07) is 4.50. The summed E-state index contributed by atoms with van der Waals surface area (Å²) in [7, 11) is 0. The molecule has 1 aromatic heterocycles. The third kappa shape index (κ3) is 5.92. The maximum Gasteiger partial charge on any atom is 0.105 e. The van der Waals surface area contributed by atoms with E-state index in [-0.39, 0.29) is 0 Å². The molecule has 1 rings (SSSR count). The average Bonchev–Trinajstić information content (AvgIpc) is 2.82. The topological polar surface area (TPSA) is 25.2 Å². The molecule has 1 N–H and O–H groups in total. The van der Waals surface area contributed by atoms with E-state index in [1.807, 2.05) is 12.1 Å². The Morgan fingerprint density at radius 2 is 2.18 bits per heavy atom. The number of furan rings is 1. The highest BCUT2D eigenvalue weighted by Gasteiger charge is 2.09. The van der Waals surface area contributed by atoms with Gasteiger partial charge in [0.05, 0.1) is 6.26 Å². The molecule has 1 aromatic rings. The Morgan fingerprint density at radius 3 is 2.76 bits per heavy atom. The number of rotatable bonds is 9. The van der Waals surface area contributed by atoms with E-state index in [4.69, 9.17) is 4.42 Å². The van der Waals surface area contributed by atoms with Crippen LogP contribution in [0.1, 0.15) is 52.2 Å². The predicted octanol–water partition coefficient (Wildman–Crippen LogP) is 4.02. The fourth-order valence-electron chi connectivity index (χ4n) is 2.11. The smallest absolute Gasteiger partial charge is 0.105 e. The van der Waals surface area contributed by atoms with Gasteiger partial charge in [-0.15, -0.1) is 0 Å². The second kappa shape index (κ2) is 8.35. The SMILES string of the molecule is CCCCC(CC)CNC(C)Cc1ccco1. The molecular formula is C15H27NO. The minimum atomic E-state index is 0.497.